The molecular formula is C27H24N4O5. The normalized spacial score (nSPS) is 11.4. The fourth-order valence-corrected chi connectivity index (χ4v) is 3.92. The molecule has 0 radical (unpaired) electrons. The highest BCUT2D eigenvalue weighted by molar-refractivity contribution is 6.14. The molecule has 0 spiro atoms. The number of nitrogens with one attached hydrogen (secondary N) is 2. The Bertz CT molecular complexity index is 1530. The number of hydrogen-bond donors (Lipinski definition) is 4. The van der Waals surface area contributed by atoms with Crippen LogP contribution in [-0.2, 0) is 4.79 Å². The molecule has 0 aliphatic carbocycles. The van der Waals surface area contributed by atoms with Gasteiger partial charge in [0.05, 0.1) is 22.4 Å². The molecule has 4 rings (SSSR count). The van der Waals surface area contributed by atoms with Crippen molar-refractivity contribution in [2.45, 2.75) is 20.8 Å². The van der Waals surface area contributed by atoms with Crippen molar-refractivity contribution in [3.8, 4) is 11.6 Å². The number of benzene rings is 3. The third-order valence-electron chi connectivity index (χ3n) is 5.61. The first-order valence-corrected chi connectivity index (χ1v) is 11.1. The van der Waals surface area contributed by atoms with Crippen LogP contribution in [0.4, 0.5) is 5.69 Å². The van der Waals surface area contributed by atoms with Gasteiger partial charge in [0.15, 0.2) is 0 Å². The van der Waals surface area contributed by atoms with Gasteiger partial charge in [-0.25, -0.2) is 10.2 Å². The third kappa shape index (κ3) is 4.80. The zero-order chi connectivity index (χ0) is 26.0. The van der Waals surface area contributed by atoms with Crippen molar-refractivity contribution < 1.29 is 24.6 Å². The second-order valence-electron chi connectivity index (χ2n) is 8.31. The zero-order valence-electron chi connectivity index (χ0n) is 19.9. The van der Waals surface area contributed by atoms with Crippen molar-refractivity contribution in [3.63, 3.8) is 0 Å². The van der Waals surface area contributed by atoms with E-state index in [1.165, 1.54) is 31.2 Å². The SMILES string of the molecule is CC(=O)Nc1ccc2c(c1)c(/C(C)=N/NC(=O)c1cccc(C(=O)O)c1)c(O)n2-c1ccc(C)cc1. The van der Waals surface area contributed by atoms with Crippen LogP contribution in [0.3, 0.4) is 0 Å². The summed E-state index contributed by atoms with van der Waals surface area (Å²) in [5.74, 6) is -2.07. The molecule has 1 aromatic heterocycles. The van der Waals surface area contributed by atoms with Crippen molar-refractivity contribution in [1.29, 1.82) is 0 Å². The highest BCUT2D eigenvalue weighted by Crippen LogP contribution is 2.36. The number of aromatic carboxylic acids is 1. The van der Waals surface area contributed by atoms with E-state index in [4.69, 9.17) is 5.11 Å². The minimum Gasteiger partial charge on any atom is -0.494 e. The number of nitrogens with zero attached hydrogens (tertiary/aromatic N) is 2. The summed E-state index contributed by atoms with van der Waals surface area (Å²) in [5.41, 5.74) is 6.23. The number of rotatable bonds is 6. The molecule has 0 bridgehead atoms. The molecule has 0 atom stereocenters. The molecule has 2 amide bonds. The van der Waals surface area contributed by atoms with Gasteiger partial charge in [-0.2, -0.15) is 5.10 Å². The number of anilines is 1. The molecule has 3 aromatic carbocycles. The highest BCUT2D eigenvalue weighted by atomic mass is 16.4. The summed E-state index contributed by atoms with van der Waals surface area (Å²) in [6, 6.07) is 18.5. The van der Waals surface area contributed by atoms with Gasteiger partial charge < -0.3 is 15.5 Å². The summed E-state index contributed by atoms with van der Waals surface area (Å²) in [4.78, 5) is 35.4. The Morgan fingerprint density at radius 2 is 1.61 bits per heavy atom. The van der Waals surface area contributed by atoms with Gasteiger partial charge in [0, 0.05) is 29.2 Å². The molecule has 0 unspecified atom stereocenters. The predicted molar refractivity (Wildman–Crippen MR) is 137 cm³/mol. The van der Waals surface area contributed by atoms with Crippen LogP contribution in [0.15, 0.2) is 71.8 Å². The Hall–Kier alpha value is -4.92. The number of hydrogen-bond acceptors (Lipinski definition) is 5. The maximum Gasteiger partial charge on any atom is 0.335 e. The molecular weight excluding hydrogens is 460 g/mol. The Labute approximate surface area is 206 Å². The second kappa shape index (κ2) is 9.75. The summed E-state index contributed by atoms with van der Waals surface area (Å²) in [6.07, 6.45) is 0. The number of carboxylic acids is 1. The molecule has 182 valence electrons. The first-order chi connectivity index (χ1) is 17.2. The number of aromatic hydroxyl groups is 1. The zero-order valence-corrected chi connectivity index (χ0v) is 19.9. The lowest BCUT2D eigenvalue weighted by atomic mass is 10.1. The first kappa shape index (κ1) is 24.2. The predicted octanol–water partition coefficient (Wildman–Crippen LogP) is 4.46. The highest BCUT2D eigenvalue weighted by Gasteiger charge is 2.21. The van der Waals surface area contributed by atoms with Crippen LogP contribution in [-0.4, -0.2) is 38.3 Å². The fourth-order valence-electron chi connectivity index (χ4n) is 3.92. The number of fused-ring (bicyclic) bond motifs is 1. The number of carbonyl (C=O) groups excluding carboxylic acids is 2. The second-order valence-corrected chi connectivity index (χ2v) is 8.31. The molecule has 0 aliphatic rings. The van der Waals surface area contributed by atoms with Crippen molar-refractivity contribution in [2.24, 2.45) is 5.10 Å². The number of hydrazone groups is 1. The Kier molecular flexibility index (Phi) is 6.56. The fraction of sp³-hybridized carbons (Fsp3) is 0.111. The van der Waals surface area contributed by atoms with Crippen LogP contribution in [0.25, 0.3) is 16.6 Å². The van der Waals surface area contributed by atoms with Gasteiger partial charge >= 0.3 is 5.97 Å². The van der Waals surface area contributed by atoms with Crippen molar-refractivity contribution in [3.05, 3.63) is 89.0 Å². The molecule has 36 heavy (non-hydrogen) atoms. The molecule has 1 heterocycles. The Balaban J connectivity index is 1.78. The topological polar surface area (TPSA) is 133 Å². The number of carboxylic acid groups (broad SMARTS) is 1. The quantitative estimate of drug-likeness (QED) is 0.237. The van der Waals surface area contributed by atoms with E-state index in [2.05, 4.69) is 15.8 Å². The molecule has 0 saturated carbocycles. The van der Waals surface area contributed by atoms with Gasteiger partial charge in [-0.1, -0.05) is 23.8 Å². The smallest absolute Gasteiger partial charge is 0.335 e. The molecule has 4 N–H and O–H groups in total. The van der Waals surface area contributed by atoms with Gasteiger partial charge in [-0.3, -0.25) is 14.2 Å². The van der Waals surface area contributed by atoms with Gasteiger partial charge in [-0.05, 0) is 62.4 Å². The van der Waals surface area contributed by atoms with E-state index < -0.39 is 11.9 Å². The number of amides is 2. The van der Waals surface area contributed by atoms with Gasteiger partial charge in [0.25, 0.3) is 5.91 Å². The molecule has 4 aromatic rings. The third-order valence-corrected chi connectivity index (χ3v) is 5.61. The lowest BCUT2D eigenvalue weighted by Gasteiger charge is -2.08. The standard InChI is InChI=1S/C27H24N4O5/c1-15-7-10-21(11-8-15)31-23-12-9-20(28-17(3)32)14-22(23)24(26(31)34)16(2)29-30-25(33)18-5-4-6-19(13-18)27(35)36/h4-14,34H,1-3H3,(H,28,32)(H,30,33)(H,35,36)/b29-16+. The van der Waals surface area contributed by atoms with Crippen molar-refractivity contribution >= 4 is 40.1 Å². The van der Waals surface area contributed by atoms with Gasteiger partial charge in [0.2, 0.25) is 11.8 Å². The van der Waals surface area contributed by atoms with Gasteiger partial charge in [-0.15, -0.1) is 0 Å². The van der Waals surface area contributed by atoms with Gasteiger partial charge in [0.1, 0.15) is 0 Å². The minimum absolute atomic E-state index is 0.0207. The largest absolute Gasteiger partial charge is 0.494 e. The van der Waals surface area contributed by atoms with Crippen LogP contribution in [0.5, 0.6) is 5.88 Å². The lowest BCUT2D eigenvalue weighted by Crippen LogP contribution is -2.19. The number of aromatic nitrogens is 1. The Morgan fingerprint density at radius 1 is 0.917 bits per heavy atom. The van der Waals surface area contributed by atoms with Crippen molar-refractivity contribution in [2.75, 3.05) is 5.32 Å². The van der Waals surface area contributed by atoms with E-state index in [0.717, 1.165) is 11.3 Å². The van der Waals surface area contributed by atoms with E-state index in [0.29, 0.717) is 27.9 Å². The van der Waals surface area contributed by atoms with E-state index >= 15 is 0 Å². The lowest BCUT2D eigenvalue weighted by molar-refractivity contribution is -0.114. The maximum absolute atomic E-state index is 12.6. The van der Waals surface area contributed by atoms with Crippen molar-refractivity contribution in [1.82, 2.24) is 9.99 Å². The van der Waals surface area contributed by atoms with Crippen LogP contribution >= 0.6 is 0 Å². The monoisotopic (exact) mass is 484 g/mol. The summed E-state index contributed by atoms with van der Waals surface area (Å²) in [7, 11) is 0. The maximum atomic E-state index is 12.6. The summed E-state index contributed by atoms with van der Waals surface area (Å²) in [5, 5.41) is 28.0. The number of aryl methyl sites for hydroxylation is 1. The summed E-state index contributed by atoms with van der Waals surface area (Å²) >= 11 is 0. The molecule has 0 fully saturated rings. The molecule has 0 aliphatic heterocycles. The molecule has 0 saturated heterocycles. The van der Waals surface area contributed by atoms with E-state index in [1.54, 1.807) is 29.7 Å². The molecule has 9 nitrogen and oxygen atoms in total. The molecule has 9 heteroatoms. The van der Waals surface area contributed by atoms with E-state index in [9.17, 15) is 19.5 Å². The Morgan fingerprint density at radius 3 is 2.28 bits per heavy atom. The average molecular weight is 485 g/mol. The number of carbonyl (C=O) groups is 3. The van der Waals surface area contributed by atoms with Crippen LogP contribution in [0.1, 0.15) is 45.7 Å². The van der Waals surface area contributed by atoms with E-state index in [-0.39, 0.29) is 22.9 Å². The van der Waals surface area contributed by atoms with E-state index in [1.807, 2.05) is 31.2 Å². The van der Waals surface area contributed by atoms with Crippen LogP contribution in [0, 0.1) is 6.92 Å². The van der Waals surface area contributed by atoms with Crippen LogP contribution < -0.4 is 10.7 Å². The van der Waals surface area contributed by atoms with Crippen LogP contribution in [0.2, 0.25) is 0 Å². The minimum atomic E-state index is -1.15. The summed E-state index contributed by atoms with van der Waals surface area (Å²) in [6.45, 7) is 5.00. The summed E-state index contributed by atoms with van der Waals surface area (Å²) < 4.78 is 1.67. The average Bonchev–Trinajstić information content (AvgIpc) is 3.13. The first-order valence-electron chi connectivity index (χ1n) is 11.1.